The van der Waals surface area contributed by atoms with Crippen molar-refractivity contribution in [3.05, 3.63) is 53.8 Å². The largest absolute Gasteiger partial charge is 0.503 e. The van der Waals surface area contributed by atoms with Crippen LogP contribution in [-0.4, -0.2) is 11.0 Å². The molecule has 92 valence electrons. The number of benzene rings is 1. The number of carbonyl (C=O) groups is 1. The molecule has 4 nitrogen and oxygen atoms in total. The molecule has 5 heteroatoms. The Morgan fingerprint density at radius 3 is 2.67 bits per heavy atom. The highest BCUT2D eigenvalue weighted by atomic mass is 35.5. The Kier molecular flexibility index (Phi) is 3.79. The van der Waals surface area contributed by atoms with Crippen LogP contribution in [0, 0.1) is 0 Å². The number of amides is 1. The quantitative estimate of drug-likeness (QED) is 0.832. The molecule has 18 heavy (non-hydrogen) atoms. The second-order valence-electron chi connectivity index (χ2n) is 3.79. The predicted octanol–water partition coefficient (Wildman–Crippen LogP) is 1.97. The average molecular weight is 264 g/mol. The average Bonchev–Trinajstić information content (AvgIpc) is 2.32. The zero-order valence-corrected chi connectivity index (χ0v) is 10.3. The molecule has 1 amide bonds. The number of rotatable bonds is 3. The number of carbonyl (C=O) groups excluding carboxylic acids is 1. The third-order valence-corrected chi connectivity index (χ3v) is 2.55. The first-order chi connectivity index (χ1) is 8.63. The van der Waals surface area contributed by atoms with E-state index in [4.69, 9.17) is 11.6 Å². The van der Waals surface area contributed by atoms with Crippen LogP contribution in [0.25, 0.3) is 0 Å². The number of hydrogen-bond donors (Lipinski definition) is 2. The molecular formula is C13H12ClN2O2+. The highest BCUT2D eigenvalue weighted by molar-refractivity contribution is 6.30. The molecule has 0 unspecified atom stereocenters. The highest BCUT2D eigenvalue weighted by Gasteiger charge is 2.09. The molecule has 2 aromatic rings. The monoisotopic (exact) mass is 263 g/mol. The van der Waals surface area contributed by atoms with Crippen molar-refractivity contribution >= 4 is 23.2 Å². The minimum absolute atomic E-state index is 0.122. The van der Waals surface area contributed by atoms with Crippen molar-refractivity contribution < 1.29 is 14.5 Å². The Bertz CT molecular complexity index is 555. The van der Waals surface area contributed by atoms with Crippen LogP contribution in [0.2, 0.25) is 5.02 Å². The number of aromatic nitrogens is 1. The molecule has 0 atom stereocenters. The van der Waals surface area contributed by atoms with E-state index < -0.39 is 0 Å². The van der Waals surface area contributed by atoms with E-state index in [1.807, 2.05) is 0 Å². The molecule has 0 spiro atoms. The molecule has 2 N–H and O–H groups in total. The summed E-state index contributed by atoms with van der Waals surface area (Å²) >= 11 is 5.75. The van der Waals surface area contributed by atoms with Gasteiger partial charge in [0, 0.05) is 16.8 Å². The molecule has 1 aromatic carbocycles. The van der Waals surface area contributed by atoms with Crippen LogP contribution in [0.3, 0.4) is 0 Å². The number of hydrogen-bond acceptors (Lipinski definition) is 2. The molecule has 0 saturated heterocycles. The van der Waals surface area contributed by atoms with Crippen molar-refractivity contribution in [2.24, 2.45) is 0 Å². The lowest BCUT2D eigenvalue weighted by Gasteiger charge is -2.03. The molecule has 0 aliphatic rings. The number of anilines is 1. The van der Waals surface area contributed by atoms with Gasteiger partial charge in [0.25, 0.3) is 5.91 Å². The van der Waals surface area contributed by atoms with Gasteiger partial charge in [0.1, 0.15) is 0 Å². The van der Waals surface area contributed by atoms with Crippen molar-refractivity contribution in [2.45, 2.75) is 6.54 Å². The van der Waals surface area contributed by atoms with E-state index in [0.717, 1.165) is 0 Å². The van der Waals surface area contributed by atoms with Crippen molar-refractivity contribution in [1.82, 2.24) is 0 Å². The summed E-state index contributed by atoms with van der Waals surface area (Å²) in [6.45, 7) is 0.136. The first-order valence-electron chi connectivity index (χ1n) is 5.37. The van der Waals surface area contributed by atoms with Crippen LogP contribution in [0.1, 0.15) is 0 Å². The zero-order chi connectivity index (χ0) is 13.0. The molecule has 1 aromatic heterocycles. The summed E-state index contributed by atoms with van der Waals surface area (Å²) in [4.78, 5) is 11.7. The van der Waals surface area contributed by atoms with Crippen LogP contribution >= 0.6 is 11.6 Å². The van der Waals surface area contributed by atoms with Crippen LogP contribution < -0.4 is 9.88 Å². The van der Waals surface area contributed by atoms with Gasteiger partial charge < -0.3 is 10.4 Å². The van der Waals surface area contributed by atoms with Gasteiger partial charge in [-0.25, -0.2) is 0 Å². The number of halogens is 1. The third kappa shape index (κ3) is 3.46. The summed E-state index contributed by atoms with van der Waals surface area (Å²) in [7, 11) is 0. The first kappa shape index (κ1) is 12.4. The summed E-state index contributed by atoms with van der Waals surface area (Å²) in [6, 6.07) is 10.1. The lowest BCUT2D eigenvalue weighted by Crippen LogP contribution is -2.39. The molecule has 0 fully saturated rings. The topological polar surface area (TPSA) is 53.2 Å². The number of pyridine rings is 1. The fraction of sp³-hybridized carbons (Fsp3) is 0.0769. The molecule has 0 bridgehead atoms. The predicted molar refractivity (Wildman–Crippen MR) is 68.4 cm³/mol. The standard InChI is InChI=1S/C13H11ClN2O2/c14-10-3-5-11(6-4-10)15-13(18)9-16-7-1-2-12(17)8-16/h1-8H,9H2,(H-,15,17,18)/p+1. The lowest BCUT2D eigenvalue weighted by atomic mass is 10.3. The van der Waals surface area contributed by atoms with Crippen molar-refractivity contribution in [3.8, 4) is 5.75 Å². The van der Waals surface area contributed by atoms with Gasteiger partial charge in [0.05, 0.1) is 0 Å². The molecule has 0 aliphatic carbocycles. The van der Waals surface area contributed by atoms with Gasteiger partial charge in [-0.1, -0.05) is 11.6 Å². The Hall–Kier alpha value is -2.07. The molecular weight excluding hydrogens is 252 g/mol. The summed E-state index contributed by atoms with van der Waals surface area (Å²) in [6.07, 6.45) is 3.20. The normalized spacial score (nSPS) is 10.1. The van der Waals surface area contributed by atoms with Gasteiger partial charge in [-0.05, 0) is 30.3 Å². The second kappa shape index (κ2) is 5.51. The van der Waals surface area contributed by atoms with Gasteiger partial charge in [-0.3, -0.25) is 4.79 Å². The summed E-state index contributed by atoms with van der Waals surface area (Å²) in [5.41, 5.74) is 0.685. The van der Waals surface area contributed by atoms with E-state index in [-0.39, 0.29) is 18.2 Å². The number of nitrogens with zero attached hydrogens (tertiary/aromatic N) is 1. The first-order valence-corrected chi connectivity index (χ1v) is 5.75. The smallest absolute Gasteiger partial charge is 0.290 e. The van der Waals surface area contributed by atoms with Gasteiger partial charge in [0.15, 0.2) is 11.9 Å². The van der Waals surface area contributed by atoms with Gasteiger partial charge in [0.2, 0.25) is 12.7 Å². The summed E-state index contributed by atoms with van der Waals surface area (Å²) in [5, 5.41) is 12.6. The summed E-state index contributed by atoms with van der Waals surface area (Å²) in [5.74, 6) is -0.0512. The van der Waals surface area contributed by atoms with E-state index in [9.17, 15) is 9.90 Å². The molecule has 0 aliphatic heterocycles. The Labute approximate surface area is 109 Å². The van der Waals surface area contributed by atoms with Crippen molar-refractivity contribution in [3.63, 3.8) is 0 Å². The maximum Gasteiger partial charge on any atom is 0.290 e. The number of aromatic hydroxyl groups is 1. The Balaban J connectivity index is 1.98. The molecule has 0 radical (unpaired) electrons. The van der Waals surface area contributed by atoms with E-state index in [1.54, 1.807) is 47.2 Å². The molecule has 0 saturated carbocycles. The zero-order valence-electron chi connectivity index (χ0n) is 9.51. The maximum absolute atomic E-state index is 11.7. The highest BCUT2D eigenvalue weighted by Crippen LogP contribution is 2.13. The summed E-state index contributed by atoms with van der Waals surface area (Å²) < 4.78 is 1.60. The minimum atomic E-state index is -0.173. The van der Waals surface area contributed by atoms with Crippen LogP contribution in [0.5, 0.6) is 5.75 Å². The lowest BCUT2D eigenvalue weighted by molar-refractivity contribution is -0.684. The van der Waals surface area contributed by atoms with Crippen molar-refractivity contribution in [2.75, 3.05) is 5.32 Å². The number of nitrogens with one attached hydrogen (secondary N) is 1. The van der Waals surface area contributed by atoms with E-state index in [0.29, 0.717) is 10.7 Å². The van der Waals surface area contributed by atoms with E-state index in [2.05, 4.69) is 5.32 Å². The van der Waals surface area contributed by atoms with Crippen LogP contribution in [0.4, 0.5) is 5.69 Å². The maximum atomic E-state index is 11.7. The molecule has 2 rings (SSSR count). The van der Waals surface area contributed by atoms with Crippen molar-refractivity contribution in [1.29, 1.82) is 0 Å². The molecule has 1 heterocycles. The fourth-order valence-corrected chi connectivity index (χ4v) is 1.63. The SMILES string of the molecule is O=C(C[n+]1cccc(O)c1)Nc1ccc(Cl)cc1. The van der Waals surface area contributed by atoms with Gasteiger partial charge in [-0.15, -0.1) is 0 Å². The van der Waals surface area contributed by atoms with Crippen LogP contribution in [0.15, 0.2) is 48.8 Å². The third-order valence-electron chi connectivity index (χ3n) is 2.30. The van der Waals surface area contributed by atoms with Gasteiger partial charge >= 0.3 is 0 Å². The Morgan fingerprint density at radius 1 is 1.28 bits per heavy atom. The van der Waals surface area contributed by atoms with E-state index in [1.165, 1.54) is 6.20 Å². The van der Waals surface area contributed by atoms with Crippen LogP contribution in [-0.2, 0) is 11.3 Å². The Morgan fingerprint density at radius 2 is 2.00 bits per heavy atom. The fourth-order valence-electron chi connectivity index (χ4n) is 1.51. The second-order valence-corrected chi connectivity index (χ2v) is 4.23. The van der Waals surface area contributed by atoms with Gasteiger partial charge in [-0.2, -0.15) is 4.57 Å². The van der Waals surface area contributed by atoms with E-state index >= 15 is 0 Å². The minimum Gasteiger partial charge on any atom is -0.503 e.